The summed E-state index contributed by atoms with van der Waals surface area (Å²) in [6.07, 6.45) is 3.95. The lowest BCUT2D eigenvalue weighted by molar-refractivity contribution is -0.400. The first-order chi connectivity index (χ1) is 8.58. The van der Waals surface area contributed by atoms with Gasteiger partial charge in [0.1, 0.15) is 6.54 Å². The fourth-order valence-electron chi connectivity index (χ4n) is 1.85. The van der Waals surface area contributed by atoms with E-state index in [0.29, 0.717) is 5.56 Å². The minimum absolute atomic E-state index is 0.0484. The summed E-state index contributed by atoms with van der Waals surface area (Å²) < 4.78 is 1.68. The smallest absolute Gasteiger partial charge is 0.237 e. The molecule has 0 atom stereocenters. The molecule has 2 rings (SSSR count). The Kier molecular flexibility index (Phi) is 3.09. The molecular weight excluding hydrogens is 234 g/mol. The fourth-order valence-corrected chi connectivity index (χ4v) is 1.85. The molecule has 0 spiro atoms. The zero-order valence-corrected chi connectivity index (χ0v) is 9.45. The van der Waals surface area contributed by atoms with Crippen LogP contribution in [0.2, 0.25) is 0 Å². The van der Waals surface area contributed by atoms with Crippen molar-refractivity contribution in [2.45, 2.75) is 6.54 Å². The summed E-state index contributed by atoms with van der Waals surface area (Å²) in [5.74, 6) is -0.458. The van der Waals surface area contributed by atoms with Crippen molar-refractivity contribution in [3.05, 3.63) is 52.3 Å². The van der Waals surface area contributed by atoms with Crippen molar-refractivity contribution in [2.75, 3.05) is 0 Å². The van der Waals surface area contributed by atoms with Crippen LogP contribution in [0.1, 0.15) is 5.56 Å². The van der Waals surface area contributed by atoms with E-state index in [0.717, 1.165) is 17.1 Å². The van der Waals surface area contributed by atoms with Gasteiger partial charge in [0.05, 0.1) is 4.92 Å². The molecular formula is C12H11N3O3. The first-order valence-electron chi connectivity index (χ1n) is 5.26. The highest BCUT2D eigenvalue weighted by Crippen LogP contribution is 2.22. The number of hydrogen-bond acceptors (Lipinski definition) is 3. The maximum Gasteiger partial charge on any atom is 0.237 e. The number of nitrogens with zero attached hydrogens (tertiary/aromatic N) is 2. The molecule has 0 saturated carbocycles. The summed E-state index contributed by atoms with van der Waals surface area (Å²) >= 11 is 0. The zero-order valence-electron chi connectivity index (χ0n) is 9.45. The number of para-hydroxylation sites is 1. The summed E-state index contributed by atoms with van der Waals surface area (Å²) in [7, 11) is 0. The summed E-state index contributed by atoms with van der Waals surface area (Å²) in [5, 5.41) is 11.2. The predicted octanol–water partition coefficient (Wildman–Crippen LogP) is 1.37. The third-order valence-corrected chi connectivity index (χ3v) is 2.52. The number of fused-ring (bicyclic) bond motifs is 1. The van der Waals surface area contributed by atoms with Gasteiger partial charge >= 0.3 is 0 Å². The van der Waals surface area contributed by atoms with Gasteiger partial charge in [-0.1, -0.05) is 18.2 Å². The monoisotopic (exact) mass is 245 g/mol. The molecule has 0 saturated heterocycles. The van der Waals surface area contributed by atoms with E-state index in [4.69, 9.17) is 5.73 Å². The number of rotatable bonds is 4. The largest absolute Gasteiger partial charge is 0.368 e. The van der Waals surface area contributed by atoms with Gasteiger partial charge in [-0.3, -0.25) is 14.9 Å². The number of benzene rings is 1. The van der Waals surface area contributed by atoms with Crippen molar-refractivity contribution in [3.63, 3.8) is 0 Å². The van der Waals surface area contributed by atoms with E-state index in [1.54, 1.807) is 10.8 Å². The predicted molar refractivity (Wildman–Crippen MR) is 67.2 cm³/mol. The highest BCUT2D eigenvalue weighted by Gasteiger charge is 2.08. The average molecular weight is 245 g/mol. The number of aromatic nitrogens is 1. The minimum atomic E-state index is -0.528. The molecule has 2 N–H and O–H groups in total. The molecule has 1 aromatic carbocycles. The zero-order chi connectivity index (χ0) is 13.1. The summed E-state index contributed by atoms with van der Waals surface area (Å²) in [6, 6.07) is 7.34. The van der Waals surface area contributed by atoms with E-state index in [2.05, 4.69) is 0 Å². The molecule has 0 radical (unpaired) electrons. The molecule has 0 bridgehead atoms. The van der Waals surface area contributed by atoms with Crippen LogP contribution in [0.5, 0.6) is 0 Å². The van der Waals surface area contributed by atoms with Crippen molar-refractivity contribution >= 4 is 22.9 Å². The fraction of sp³-hybridized carbons (Fsp3) is 0.0833. The molecule has 1 heterocycles. The van der Waals surface area contributed by atoms with E-state index >= 15 is 0 Å². The first kappa shape index (κ1) is 11.8. The van der Waals surface area contributed by atoms with Crippen LogP contribution in [0, 0.1) is 10.1 Å². The lowest BCUT2D eigenvalue weighted by Gasteiger charge is -2.00. The number of hydrogen-bond donors (Lipinski definition) is 1. The Bertz CT molecular complexity index is 643. The second kappa shape index (κ2) is 4.70. The van der Waals surface area contributed by atoms with Crippen molar-refractivity contribution in [3.8, 4) is 0 Å². The van der Waals surface area contributed by atoms with Gasteiger partial charge in [0.25, 0.3) is 0 Å². The molecule has 6 heteroatoms. The number of nitrogens with two attached hydrogens (primary N) is 1. The maximum atomic E-state index is 11.0. The van der Waals surface area contributed by atoms with Crippen molar-refractivity contribution in [1.29, 1.82) is 0 Å². The third-order valence-electron chi connectivity index (χ3n) is 2.52. The third kappa shape index (κ3) is 2.37. The molecule has 1 amide bonds. The van der Waals surface area contributed by atoms with Gasteiger partial charge in [-0.2, -0.15) is 0 Å². The van der Waals surface area contributed by atoms with Crippen molar-refractivity contribution in [1.82, 2.24) is 4.57 Å². The molecule has 0 aliphatic carbocycles. The van der Waals surface area contributed by atoms with E-state index < -0.39 is 10.8 Å². The van der Waals surface area contributed by atoms with Gasteiger partial charge in [0.15, 0.2) is 0 Å². The van der Waals surface area contributed by atoms with Crippen LogP contribution in [0.15, 0.2) is 36.7 Å². The molecule has 0 fully saturated rings. The standard InChI is InChI=1S/C12H11N3O3/c13-12(16)8-14-7-9(5-6-15(17)18)10-3-1-2-4-11(10)14/h1-7H,8H2,(H2,13,16). The Balaban J connectivity index is 2.53. The lowest BCUT2D eigenvalue weighted by atomic mass is 10.2. The van der Waals surface area contributed by atoms with Crippen molar-refractivity contribution < 1.29 is 9.72 Å². The normalized spacial score (nSPS) is 11.1. The first-order valence-corrected chi connectivity index (χ1v) is 5.26. The van der Waals surface area contributed by atoms with E-state index in [1.165, 1.54) is 6.08 Å². The average Bonchev–Trinajstić information content (AvgIpc) is 2.65. The van der Waals surface area contributed by atoms with Crippen LogP contribution in [0.3, 0.4) is 0 Å². The summed E-state index contributed by atoms with van der Waals surface area (Å²) in [4.78, 5) is 20.8. The van der Waals surface area contributed by atoms with E-state index in [1.807, 2.05) is 24.3 Å². The van der Waals surface area contributed by atoms with Gasteiger partial charge in [0, 0.05) is 28.7 Å². The lowest BCUT2D eigenvalue weighted by Crippen LogP contribution is -2.17. The van der Waals surface area contributed by atoms with Gasteiger partial charge in [-0.15, -0.1) is 0 Å². The second-order valence-electron chi connectivity index (χ2n) is 3.80. The number of carbonyl (C=O) groups excluding carboxylic acids is 1. The van der Waals surface area contributed by atoms with Crippen LogP contribution in [-0.4, -0.2) is 15.4 Å². The highest BCUT2D eigenvalue weighted by molar-refractivity contribution is 5.90. The quantitative estimate of drug-likeness (QED) is 0.651. The van der Waals surface area contributed by atoms with Crippen LogP contribution in [0.4, 0.5) is 0 Å². The van der Waals surface area contributed by atoms with E-state index in [9.17, 15) is 14.9 Å². The number of amides is 1. The highest BCUT2D eigenvalue weighted by atomic mass is 16.6. The van der Waals surface area contributed by atoms with Crippen molar-refractivity contribution in [2.24, 2.45) is 5.73 Å². The summed E-state index contributed by atoms with van der Waals surface area (Å²) in [5.41, 5.74) is 6.66. The van der Waals surface area contributed by atoms with Crippen LogP contribution < -0.4 is 5.73 Å². The Hall–Kier alpha value is -2.63. The Morgan fingerprint density at radius 2 is 2.17 bits per heavy atom. The van der Waals surface area contributed by atoms with Gasteiger partial charge < -0.3 is 10.3 Å². The maximum absolute atomic E-state index is 11.0. The molecule has 92 valence electrons. The molecule has 0 aliphatic rings. The summed E-state index contributed by atoms with van der Waals surface area (Å²) in [6.45, 7) is 0.0484. The van der Waals surface area contributed by atoms with E-state index in [-0.39, 0.29) is 6.54 Å². The molecule has 0 aliphatic heterocycles. The Morgan fingerprint density at radius 1 is 1.44 bits per heavy atom. The number of primary amides is 1. The Morgan fingerprint density at radius 3 is 2.83 bits per heavy atom. The number of carbonyl (C=O) groups is 1. The van der Waals surface area contributed by atoms with Gasteiger partial charge in [-0.05, 0) is 6.07 Å². The minimum Gasteiger partial charge on any atom is -0.368 e. The number of nitro groups is 1. The molecule has 18 heavy (non-hydrogen) atoms. The second-order valence-corrected chi connectivity index (χ2v) is 3.80. The van der Waals surface area contributed by atoms with Gasteiger partial charge in [0.2, 0.25) is 12.1 Å². The molecule has 0 unspecified atom stereocenters. The van der Waals surface area contributed by atoms with Crippen LogP contribution >= 0.6 is 0 Å². The molecule has 1 aromatic heterocycles. The molecule has 2 aromatic rings. The molecule has 6 nitrogen and oxygen atoms in total. The topological polar surface area (TPSA) is 91.2 Å². The Labute approximate surface area is 102 Å². The van der Waals surface area contributed by atoms with Crippen LogP contribution in [-0.2, 0) is 11.3 Å². The van der Waals surface area contributed by atoms with Gasteiger partial charge in [-0.25, -0.2) is 0 Å². The SMILES string of the molecule is NC(=O)Cn1cc(C=C[N+](=O)[O-])c2ccccc21. The van der Waals surface area contributed by atoms with Crippen LogP contribution in [0.25, 0.3) is 17.0 Å².